The number of carbonyl (C=O) groups excluding carboxylic acids is 1. The highest BCUT2D eigenvalue weighted by atomic mass is 79.9. The van der Waals surface area contributed by atoms with Crippen molar-refractivity contribution in [1.82, 2.24) is 0 Å². The Labute approximate surface area is 137 Å². The normalized spacial score (nSPS) is 13.1. The SMILES string of the molecule is CC(=O)N1c2cc(Cl)ccc2C=C(CBr)c2ccccc21. The second-order valence-electron chi connectivity index (χ2n) is 4.88. The van der Waals surface area contributed by atoms with Gasteiger partial charge in [-0.05, 0) is 35.4 Å². The lowest BCUT2D eigenvalue weighted by atomic mass is 10.0. The molecule has 4 heteroatoms. The third-order valence-electron chi connectivity index (χ3n) is 3.51. The number of para-hydroxylation sites is 1. The van der Waals surface area contributed by atoms with Gasteiger partial charge in [0.15, 0.2) is 0 Å². The van der Waals surface area contributed by atoms with E-state index in [4.69, 9.17) is 11.6 Å². The Morgan fingerprint density at radius 3 is 2.67 bits per heavy atom. The molecule has 0 aromatic heterocycles. The van der Waals surface area contributed by atoms with Crippen molar-refractivity contribution in [2.24, 2.45) is 0 Å². The second kappa shape index (κ2) is 5.66. The number of anilines is 2. The van der Waals surface area contributed by atoms with Gasteiger partial charge >= 0.3 is 0 Å². The molecular weight excluding hydrogens is 350 g/mol. The van der Waals surface area contributed by atoms with Crippen molar-refractivity contribution in [1.29, 1.82) is 0 Å². The molecule has 0 N–H and O–H groups in total. The summed E-state index contributed by atoms with van der Waals surface area (Å²) in [4.78, 5) is 14.0. The molecule has 0 spiro atoms. The van der Waals surface area contributed by atoms with Crippen molar-refractivity contribution < 1.29 is 4.79 Å². The first-order valence-corrected chi connectivity index (χ1v) is 8.08. The average Bonchev–Trinajstić information content (AvgIpc) is 2.60. The minimum Gasteiger partial charge on any atom is -0.280 e. The van der Waals surface area contributed by atoms with Crippen LogP contribution in [0.15, 0.2) is 42.5 Å². The van der Waals surface area contributed by atoms with E-state index >= 15 is 0 Å². The lowest BCUT2D eigenvalue weighted by Crippen LogP contribution is -2.23. The topological polar surface area (TPSA) is 20.3 Å². The van der Waals surface area contributed by atoms with E-state index < -0.39 is 0 Å². The third kappa shape index (κ3) is 2.52. The molecule has 1 aliphatic heterocycles. The predicted octanol–water partition coefficient (Wildman–Crippen LogP) is 5.27. The fourth-order valence-electron chi connectivity index (χ4n) is 2.62. The van der Waals surface area contributed by atoms with Gasteiger partial charge in [-0.3, -0.25) is 9.69 Å². The molecule has 0 fully saturated rings. The zero-order valence-corrected chi connectivity index (χ0v) is 13.8. The number of carbonyl (C=O) groups is 1. The highest BCUT2D eigenvalue weighted by Gasteiger charge is 2.24. The zero-order valence-electron chi connectivity index (χ0n) is 11.4. The van der Waals surface area contributed by atoms with Crippen LogP contribution < -0.4 is 4.90 Å². The smallest absolute Gasteiger partial charge is 0.228 e. The molecule has 0 aliphatic carbocycles. The van der Waals surface area contributed by atoms with Crippen LogP contribution >= 0.6 is 27.5 Å². The Hall–Kier alpha value is -1.58. The molecule has 2 aromatic carbocycles. The van der Waals surface area contributed by atoms with Crippen molar-refractivity contribution in [2.75, 3.05) is 10.2 Å². The van der Waals surface area contributed by atoms with Crippen LogP contribution in [0.25, 0.3) is 11.6 Å². The van der Waals surface area contributed by atoms with Gasteiger partial charge in [-0.15, -0.1) is 0 Å². The maximum absolute atomic E-state index is 12.2. The molecule has 3 rings (SSSR count). The van der Waals surface area contributed by atoms with Crippen LogP contribution in [0, 0.1) is 0 Å². The van der Waals surface area contributed by atoms with Crippen LogP contribution in [0.4, 0.5) is 11.4 Å². The van der Waals surface area contributed by atoms with Crippen LogP contribution in [0.3, 0.4) is 0 Å². The Morgan fingerprint density at radius 1 is 1.19 bits per heavy atom. The lowest BCUT2D eigenvalue weighted by Gasteiger charge is -2.24. The van der Waals surface area contributed by atoms with Crippen molar-refractivity contribution >= 4 is 56.5 Å². The number of allylic oxidation sites excluding steroid dienone is 1. The Bertz CT molecular complexity index is 754. The van der Waals surface area contributed by atoms with Gasteiger partial charge < -0.3 is 0 Å². The van der Waals surface area contributed by atoms with Crippen molar-refractivity contribution in [3.8, 4) is 0 Å². The first-order valence-electron chi connectivity index (χ1n) is 6.58. The second-order valence-corrected chi connectivity index (χ2v) is 5.88. The minimum absolute atomic E-state index is 0.0322. The molecule has 0 radical (unpaired) electrons. The molecule has 1 aliphatic rings. The zero-order chi connectivity index (χ0) is 15.0. The number of alkyl halides is 1. The van der Waals surface area contributed by atoms with Crippen LogP contribution in [0.1, 0.15) is 18.1 Å². The molecule has 0 saturated heterocycles. The summed E-state index contributed by atoms with van der Waals surface area (Å²) in [5.74, 6) is -0.0322. The molecule has 21 heavy (non-hydrogen) atoms. The Balaban J connectivity index is 2.36. The van der Waals surface area contributed by atoms with Crippen molar-refractivity contribution in [3.05, 3.63) is 58.6 Å². The summed E-state index contributed by atoms with van der Waals surface area (Å²) in [5.41, 5.74) is 4.88. The van der Waals surface area contributed by atoms with E-state index in [1.165, 1.54) is 0 Å². The number of halogens is 2. The van der Waals surface area contributed by atoms with Crippen LogP contribution in [0.5, 0.6) is 0 Å². The van der Waals surface area contributed by atoms with E-state index in [0.29, 0.717) is 5.02 Å². The molecule has 1 amide bonds. The van der Waals surface area contributed by atoms with Crippen LogP contribution in [-0.4, -0.2) is 11.2 Å². The standard InChI is InChI=1S/C17H13BrClNO/c1-11(21)20-16-5-3-2-4-15(16)13(10-18)8-12-6-7-14(19)9-17(12)20/h2-9H,10H2,1H3. The van der Waals surface area contributed by atoms with E-state index in [2.05, 4.69) is 22.0 Å². The first kappa shape index (κ1) is 14.4. The molecule has 0 unspecified atom stereocenters. The van der Waals surface area contributed by atoms with Gasteiger partial charge in [0.25, 0.3) is 0 Å². The number of amides is 1. The molecule has 2 nitrogen and oxygen atoms in total. The fraction of sp³-hybridized carbons (Fsp3) is 0.118. The summed E-state index contributed by atoms with van der Waals surface area (Å²) in [7, 11) is 0. The van der Waals surface area contributed by atoms with Gasteiger partial charge in [0.05, 0.1) is 11.4 Å². The summed E-state index contributed by atoms with van der Waals surface area (Å²) < 4.78 is 0. The van der Waals surface area contributed by atoms with Crippen LogP contribution in [-0.2, 0) is 4.79 Å². The van der Waals surface area contributed by atoms with Crippen molar-refractivity contribution in [3.63, 3.8) is 0 Å². The van der Waals surface area contributed by atoms with Gasteiger partial charge in [0, 0.05) is 22.8 Å². The van der Waals surface area contributed by atoms with Gasteiger partial charge in [0.2, 0.25) is 5.91 Å². The Morgan fingerprint density at radius 2 is 1.95 bits per heavy atom. The number of fused-ring (bicyclic) bond motifs is 2. The monoisotopic (exact) mass is 361 g/mol. The van der Waals surface area contributed by atoms with E-state index in [9.17, 15) is 4.79 Å². The highest BCUT2D eigenvalue weighted by Crippen LogP contribution is 2.41. The van der Waals surface area contributed by atoms with Crippen molar-refractivity contribution in [2.45, 2.75) is 6.92 Å². The molecule has 0 bridgehead atoms. The summed E-state index contributed by atoms with van der Waals surface area (Å²) in [6.07, 6.45) is 2.10. The number of hydrogen-bond acceptors (Lipinski definition) is 1. The highest BCUT2D eigenvalue weighted by molar-refractivity contribution is 9.09. The largest absolute Gasteiger partial charge is 0.280 e. The number of hydrogen-bond donors (Lipinski definition) is 0. The molecular formula is C17H13BrClNO. The summed E-state index contributed by atoms with van der Waals surface area (Å²) in [6.45, 7) is 1.57. The summed E-state index contributed by atoms with van der Waals surface area (Å²) in [6, 6.07) is 13.5. The summed E-state index contributed by atoms with van der Waals surface area (Å²) >= 11 is 9.67. The molecule has 1 heterocycles. The molecule has 106 valence electrons. The first-order chi connectivity index (χ1) is 10.1. The average molecular weight is 363 g/mol. The fourth-order valence-corrected chi connectivity index (χ4v) is 3.25. The quantitative estimate of drug-likeness (QED) is 0.633. The third-order valence-corrected chi connectivity index (χ3v) is 4.35. The number of rotatable bonds is 1. The maximum atomic E-state index is 12.2. The number of nitrogens with zero attached hydrogens (tertiary/aromatic N) is 1. The summed E-state index contributed by atoms with van der Waals surface area (Å²) in [5, 5.41) is 1.34. The maximum Gasteiger partial charge on any atom is 0.228 e. The molecule has 2 aromatic rings. The lowest BCUT2D eigenvalue weighted by molar-refractivity contribution is -0.115. The predicted molar refractivity (Wildman–Crippen MR) is 92.4 cm³/mol. The molecule has 0 atom stereocenters. The van der Waals surface area contributed by atoms with E-state index in [1.54, 1.807) is 11.8 Å². The van der Waals surface area contributed by atoms with Crippen LogP contribution in [0.2, 0.25) is 5.02 Å². The minimum atomic E-state index is -0.0322. The van der Waals surface area contributed by atoms with Gasteiger partial charge in [-0.2, -0.15) is 0 Å². The van der Waals surface area contributed by atoms with Gasteiger partial charge in [0.1, 0.15) is 0 Å². The van der Waals surface area contributed by atoms with E-state index in [0.717, 1.165) is 33.4 Å². The Kier molecular flexibility index (Phi) is 3.87. The molecule has 0 saturated carbocycles. The van der Waals surface area contributed by atoms with E-state index in [-0.39, 0.29) is 5.91 Å². The van der Waals surface area contributed by atoms with Gasteiger partial charge in [-0.25, -0.2) is 0 Å². The number of benzene rings is 2. The van der Waals surface area contributed by atoms with Gasteiger partial charge in [-0.1, -0.05) is 51.8 Å². The van der Waals surface area contributed by atoms with E-state index in [1.807, 2.05) is 42.5 Å².